The Kier molecular flexibility index (Phi) is 5.23. The van der Waals surface area contributed by atoms with Gasteiger partial charge in [0.15, 0.2) is 11.5 Å². The molecule has 2 aliphatic rings. The van der Waals surface area contributed by atoms with Gasteiger partial charge in [-0.3, -0.25) is 9.89 Å². The number of H-pyrrole nitrogens is 1. The molecule has 2 N–H and O–H groups in total. The number of aryl methyl sites for hydroxylation is 1. The molecule has 1 aliphatic carbocycles. The molecular weight excluding hydrogens is 394 g/mol. The van der Waals surface area contributed by atoms with E-state index >= 15 is 0 Å². The van der Waals surface area contributed by atoms with Crippen molar-refractivity contribution in [2.24, 2.45) is 11.8 Å². The van der Waals surface area contributed by atoms with Crippen LogP contribution in [0, 0.1) is 18.8 Å². The van der Waals surface area contributed by atoms with Gasteiger partial charge in [-0.2, -0.15) is 5.10 Å². The number of furan rings is 1. The van der Waals surface area contributed by atoms with Crippen molar-refractivity contribution >= 4 is 11.7 Å². The number of pyridine rings is 1. The van der Waals surface area contributed by atoms with Gasteiger partial charge in [-0.05, 0) is 55.9 Å². The van der Waals surface area contributed by atoms with Gasteiger partial charge in [0.1, 0.15) is 17.3 Å². The number of carbonyl (C=O) groups is 1. The normalized spacial score (nSPS) is 25.4. The Morgan fingerprint density at radius 3 is 2.77 bits per heavy atom. The summed E-state index contributed by atoms with van der Waals surface area (Å²) in [7, 11) is 1.76. The minimum absolute atomic E-state index is 0.0385. The lowest BCUT2D eigenvalue weighted by Gasteiger charge is -2.37. The fraction of sp³-hybridized carbons (Fsp3) is 0.435. The van der Waals surface area contributed by atoms with E-state index in [1.54, 1.807) is 19.4 Å². The monoisotopic (exact) mass is 421 g/mol. The van der Waals surface area contributed by atoms with Crippen molar-refractivity contribution in [2.45, 2.75) is 31.9 Å². The molecule has 0 radical (unpaired) electrons. The van der Waals surface area contributed by atoms with E-state index in [4.69, 9.17) is 9.15 Å². The molecule has 4 heterocycles. The topological polar surface area (TPSA) is 96.3 Å². The van der Waals surface area contributed by atoms with Crippen LogP contribution in [-0.4, -0.2) is 58.3 Å². The van der Waals surface area contributed by atoms with Crippen molar-refractivity contribution in [3.63, 3.8) is 0 Å². The van der Waals surface area contributed by atoms with Gasteiger partial charge < -0.3 is 19.4 Å². The van der Waals surface area contributed by atoms with Crippen LogP contribution in [-0.2, 0) is 4.74 Å². The Balaban J connectivity index is 1.27. The van der Waals surface area contributed by atoms with E-state index in [2.05, 4.69) is 20.5 Å². The summed E-state index contributed by atoms with van der Waals surface area (Å²) in [5, 5.41) is 10.7. The average molecular weight is 422 g/mol. The second kappa shape index (κ2) is 8.19. The maximum absolute atomic E-state index is 13.1. The van der Waals surface area contributed by atoms with E-state index in [9.17, 15) is 4.79 Å². The molecule has 1 saturated heterocycles. The summed E-state index contributed by atoms with van der Waals surface area (Å²) >= 11 is 0. The lowest BCUT2D eigenvalue weighted by Crippen LogP contribution is -2.44. The first-order chi connectivity index (χ1) is 15.1. The number of likely N-dealkylation sites (tertiary alicyclic amines) is 1. The van der Waals surface area contributed by atoms with Crippen LogP contribution in [0.1, 0.15) is 29.1 Å². The number of aromatic amines is 1. The zero-order valence-corrected chi connectivity index (χ0v) is 17.7. The van der Waals surface area contributed by atoms with Gasteiger partial charge in [-0.1, -0.05) is 6.07 Å². The van der Waals surface area contributed by atoms with Crippen molar-refractivity contribution in [3.05, 3.63) is 54.0 Å². The van der Waals surface area contributed by atoms with Crippen LogP contribution < -0.4 is 5.32 Å². The highest BCUT2D eigenvalue weighted by molar-refractivity contribution is 5.93. The first-order valence-electron chi connectivity index (χ1n) is 10.7. The molecule has 0 spiro atoms. The summed E-state index contributed by atoms with van der Waals surface area (Å²) in [5.41, 5.74) is 1.14. The van der Waals surface area contributed by atoms with Gasteiger partial charge in [0.2, 0.25) is 0 Å². The maximum Gasteiger partial charge on any atom is 0.274 e. The quantitative estimate of drug-likeness (QED) is 0.656. The second-order valence-electron chi connectivity index (χ2n) is 8.52. The van der Waals surface area contributed by atoms with Crippen molar-refractivity contribution in [1.29, 1.82) is 0 Å². The number of hydrogen-bond donors (Lipinski definition) is 2. The number of rotatable bonds is 5. The van der Waals surface area contributed by atoms with Crippen LogP contribution in [0.25, 0.3) is 11.5 Å². The molecule has 1 amide bonds. The first-order valence-corrected chi connectivity index (χ1v) is 10.7. The zero-order chi connectivity index (χ0) is 21.4. The molecule has 31 heavy (non-hydrogen) atoms. The molecule has 162 valence electrons. The Bertz CT molecular complexity index is 1050. The molecule has 0 aromatic carbocycles. The fourth-order valence-electron chi connectivity index (χ4n) is 4.93. The summed E-state index contributed by atoms with van der Waals surface area (Å²) in [6.07, 6.45) is 3.75. The van der Waals surface area contributed by atoms with Crippen LogP contribution in [0.15, 0.2) is 47.0 Å². The zero-order valence-electron chi connectivity index (χ0n) is 17.7. The Morgan fingerprint density at radius 1 is 1.23 bits per heavy atom. The van der Waals surface area contributed by atoms with E-state index in [-0.39, 0.29) is 18.1 Å². The SMILES string of the molecule is CO[C@@H]1C[C@H]2CN(C(=O)c3cc(-c4ccc(C)o4)[nH]n3)C[C@H]2C[C@H]1Nc1ccccn1. The van der Waals surface area contributed by atoms with Crippen LogP contribution in [0.3, 0.4) is 0 Å². The molecule has 8 nitrogen and oxygen atoms in total. The van der Waals surface area contributed by atoms with Gasteiger partial charge >= 0.3 is 0 Å². The third kappa shape index (κ3) is 3.95. The molecule has 2 fully saturated rings. The van der Waals surface area contributed by atoms with Crippen molar-refractivity contribution in [1.82, 2.24) is 20.1 Å². The number of amides is 1. The Morgan fingerprint density at radius 2 is 2.06 bits per heavy atom. The van der Waals surface area contributed by atoms with E-state index in [1.807, 2.05) is 42.2 Å². The summed E-state index contributed by atoms with van der Waals surface area (Å²) < 4.78 is 11.4. The van der Waals surface area contributed by atoms with E-state index in [0.717, 1.165) is 37.5 Å². The predicted octanol–water partition coefficient (Wildman–Crippen LogP) is 3.35. The van der Waals surface area contributed by atoms with Gasteiger partial charge in [0.25, 0.3) is 5.91 Å². The van der Waals surface area contributed by atoms with Crippen LogP contribution in [0.4, 0.5) is 5.82 Å². The third-order valence-corrected chi connectivity index (χ3v) is 6.51. The number of anilines is 1. The lowest BCUT2D eigenvalue weighted by molar-refractivity contribution is 0.0304. The number of nitrogens with zero attached hydrogens (tertiary/aromatic N) is 3. The largest absolute Gasteiger partial charge is 0.460 e. The Hall–Kier alpha value is -3.13. The summed E-state index contributed by atoms with van der Waals surface area (Å²) in [6.45, 7) is 3.37. The number of methoxy groups -OCH3 is 1. The van der Waals surface area contributed by atoms with Crippen molar-refractivity contribution < 1.29 is 13.9 Å². The summed E-state index contributed by atoms with van der Waals surface area (Å²) in [6, 6.07) is 11.6. The number of nitrogens with one attached hydrogen (secondary N) is 2. The smallest absolute Gasteiger partial charge is 0.274 e. The first kappa shape index (κ1) is 19.8. The minimum atomic E-state index is -0.0385. The summed E-state index contributed by atoms with van der Waals surface area (Å²) in [4.78, 5) is 19.4. The second-order valence-corrected chi connectivity index (χ2v) is 8.52. The minimum Gasteiger partial charge on any atom is -0.460 e. The van der Waals surface area contributed by atoms with Gasteiger partial charge in [-0.15, -0.1) is 0 Å². The average Bonchev–Trinajstić information content (AvgIpc) is 3.52. The molecule has 3 aromatic rings. The van der Waals surface area contributed by atoms with Crippen molar-refractivity contribution in [3.8, 4) is 11.5 Å². The van der Waals surface area contributed by atoms with Gasteiger partial charge in [0, 0.05) is 32.5 Å². The molecule has 3 aromatic heterocycles. The summed E-state index contributed by atoms with van der Waals surface area (Å²) in [5.74, 6) is 3.19. The van der Waals surface area contributed by atoms with E-state index in [1.165, 1.54) is 0 Å². The van der Waals surface area contributed by atoms with Crippen LogP contribution in [0.5, 0.6) is 0 Å². The van der Waals surface area contributed by atoms with Gasteiger partial charge in [-0.25, -0.2) is 4.98 Å². The molecule has 8 heteroatoms. The lowest BCUT2D eigenvalue weighted by atomic mass is 9.77. The highest BCUT2D eigenvalue weighted by Gasteiger charge is 2.44. The number of carbonyl (C=O) groups excluding carboxylic acids is 1. The van der Waals surface area contributed by atoms with E-state index < -0.39 is 0 Å². The number of aromatic nitrogens is 3. The number of fused-ring (bicyclic) bond motifs is 1. The molecule has 0 bridgehead atoms. The Labute approximate surface area is 181 Å². The highest BCUT2D eigenvalue weighted by atomic mass is 16.5. The number of hydrogen-bond acceptors (Lipinski definition) is 6. The van der Waals surface area contributed by atoms with Crippen LogP contribution in [0.2, 0.25) is 0 Å². The molecule has 5 rings (SSSR count). The van der Waals surface area contributed by atoms with E-state index in [0.29, 0.717) is 29.0 Å². The molecule has 1 aliphatic heterocycles. The molecule has 1 saturated carbocycles. The third-order valence-electron chi connectivity index (χ3n) is 6.51. The van der Waals surface area contributed by atoms with Gasteiger partial charge in [0.05, 0.1) is 12.1 Å². The predicted molar refractivity (Wildman–Crippen MR) is 116 cm³/mol. The highest BCUT2D eigenvalue weighted by Crippen LogP contribution is 2.39. The molecule has 0 unspecified atom stereocenters. The fourth-order valence-corrected chi connectivity index (χ4v) is 4.93. The van der Waals surface area contributed by atoms with Crippen LogP contribution >= 0.6 is 0 Å². The molecule has 4 atom stereocenters. The standard InChI is InChI=1S/C23H27N5O3/c1-14-6-7-20(31-14)18-11-19(27-26-18)23(29)28-12-15-9-17(21(30-2)10-16(15)13-28)25-22-5-3-4-8-24-22/h3-8,11,15-17,21H,9-10,12-13H2,1-2H3,(H,24,25)(H,26,27)/t15-,16+,17-,21-/m1/s1. The number of ether oxygens (including phenoxy) is 1. The van der Waals surface area contributed by atoms with Crippen molar-refractivity contribution in [2.75, 3.05) is 25.5 Å². The maximum atomic E-state index is 13.1. The molecular formula is C23H27N5O3.